The van der Waals surface area contributed by atoms with Gasteiger partial charge in [-0.2, -0.15) is 0 Å². The molecule has 2 heterocycles. The molecule has 142 valence electrons. The molecule has 0 aliphatic carbocycles. The topological polar surface area (TPSA) is 75.1 Å². The van der Waals surface area contributed by atoms with Crippen molar-refractivity contribution in [2.45, 2.75) is 46.0 Å². The van der Waals surface area contributed by atoms with Gasteiger partial charge in [-0.15, -0.1) is 11.3 Å². The summed E-state index contributed by atoms with van der Waals surface area (Å²) in [5.41, 5.74) is 2.43. The van der Waals surface area contributed by atoms with Crippen molar-refractivity contribution in [2.24, 2.45) is 0 Å². The Labute approximate surface area is 163 Å². The number of fused-ring (bicyclic) bond motifs is 1. The molecule has 3 rings (SSSR count). The van der Waals surface area contributed by atoms with Gasteiger partial charge in [0.05, 0.1) is 5.39 Å². The highest BCUT2D eigenvalue weighted by atomic mass is 32.1. The fourth-order valence-electron chi connectivity index (χ4n) is 3.06. The van der Waals surface area contributed by atoms with Crippen LogP contribution in [-0.4, -0.2) is 27.6 Å². The molecule has 3 aromatic rings. The molecule has 0 bridgehead atoms. The number of aliphatic carboxylic acids is 1. The fourth-order valence-corrected chi connectivity index (χ4v) is 4.11. The number of rotatable bonds is 9. The Bertz CT molecular complexity index is 922. The van der Waals surface area contributed by atoms with Gasteiger partial charge in [0.25, 0.3) is 0 Å². The van der Waals surface area contributed by atoms with Gasteiger partial charge in [-0.05, 0) is 37.8 Å². The van der Waals surface area contributed by atoms with Crippen molar-refractivity contribution in [1.29, 1.82) is 0 Å². The van der Waals surface area contributed by atoms with Gasteiger partial charge in [0.2, 0.25) is 0 Å². The summed E-state index contributed by atoms with van der Waals surface area (Å²) in [6.07, 6.45) is 3.48. The minimum absolute atomic E-state index is 0.238. The molecule has 1 aromatic carbocycles. The molecule has 27 heavy (non-hydrogen) atoms. The van der Waals surface area contributed by atoms with E-state index in [-0.39, 0.29) is 6.42 Å². The van der Waals surface area contributed by atoms with Crippen LogP contribution in [0, 0.1) is 13.8 Å². The highest BCUT2D eigenvalue weighted by Crippen LogP contribution is 2.33. The normalized spacial score (nSPS) is 11.0. The van der Waals surface area contributed by atoms with Gasteiger partial charge in [0.15, 0.2) is 0 Å². The van der Waals surface area contributed by atoms with Crippen LogP contribution in [0.25, 0.3) is 10.2 Å². The minimum atomic E-state index is -0.726. The Hall–Kier alpha value is -2.47. The first kappa shape index (κ1) is 19.3. The largest absolute Gasteiger partial charge is 0.481 e. The Morgan fingerprint density at radius 1 is 1.11 bits per heavy atom. The Balaban J connectivity index is 1.76. The zero-order valence-corrected chi connectivity index (χ0v) is 16.6. The van der Waals surface area contributed by atoms with E-state index in [4.69, 9.17) is 15.1 Å². The molecule has 2 aromatic heterocycles. The van der Waals surface area contributed by atoms with E-state index >= 15 is 0 Å². The number of aryl methyl sites for hydroxylation is 2. The van der Waals surface area contributed by atoms with E-state index in [0.717, 1.165) is 41.2 Å². The second-order valence-electron chi connectivity index (χ2n) is 6.75. The van der Waals surface area contributed by atoms with Gasteiger partial charge in [-0.1, -0.05) is 36.8 Å². The molecule has 0 saturated heterocycles. The smallest absolute Gasteiger partial charge is 0.303 e. The standard InChI is InChI=1S/C21H25N3O2S/c1-14-15(2)27-21-19(14)20(22-12-8-4-7-11-18(25)26)23-17(24-21)13-16-9-5-3-6-10-16/h3,5-6,9-10H,4,7-8,11-13H2,1-2H3,(H,25,26)(H,22,23,24). The van der Waals surface area contributed by atoms with Crippen LogP contribution >= 0.6 is 11.3 Å². The second-order valence-corrected chi connectivity index (χ2v) is 7.95. The summed E-state index contributed by atoms with van der Waals surface area (Å²) in [6, 6.07) is 10.3. The van der Waals surface area contributed by atoms with Crippen LogP contribution in [0.5, 0.6) is 0 Å². The maximum absolute atomic E-state index is 10.6. The second kappa shape index (κ2) is 8.95. The molecule has 0 fully saturated rings. The van der Waals surface area contributed by atoms with E-state index in [0.29, 0.717) is 12.8 Å². The third kappa shape index (κ3) is 5.04. The van der Waals surface area contributed by atoms with E-state index in [9.17, 15) is 4.79 Å². The zero-order chi connectivity index (χ0) is 19.2. The summed E-state index contributed by atoms with van der Waals surface area (Å²) in [5.74, 6) is 0.990. The maximum atomic E-state index is 10.6. The van der Waals surface area contributed by atoms with E-state index in [1.165, 1.54) is 16.0 Å². The van der Waals surface area contributed by atoms with Crippen molar-refractivity contribution in [3.05, 3.63) is 52.2 Å². The molecule has 0 unspecified atom stereocenters. The van der Waals surface area contributed by atoms with E-state index in [2.05, 4.69) is 31.3 Å². The van der Waals surface area contributed by atoms with Crippen molar-refractivity contribution in [3.63, 3.8) is 0 Å². The van der Waals surface area contributed by atoms with Crippen LogP contribution in [0.15, 0.2) is 30.3 Å². The third-order valence-corrected chi connectivity index (χ3v) is 5.74. The lowest BCUT2D eigenvalue weighted by molar-refractivity contribution is -0.137. The molecular formula is C21H25N3O2S. The van der Waals surface area contributed by atoms with Crippen LogP contribution in [0.1, 0.15) is 47.5 Å². The van der Waals surface area contributed by atoms with Crippen molar-refractivity contribution in [3.8, 4) is 0 Å². The summed E-state index contributed by atoms with van der Waals surface area (Å²) in [7, 11) is 0. The molecule has 2 N–H and O–H groups in total. The Morgan fingerprint density at radius 3 is 2.63 bits per heavy atom. The molecular weight excluding hydrogens is 358 g/mol. The zero-order valence-electron chi connectivity index (χ0n) is 15.8. The van der Waals surface area contributed by atoms with Crippen molar-refractivity contribution in [2.75, 3.05) is 11.9 Å². The molecule has 0 aliphatic heterocycles. The highest BCUT2D eigenvalue weighted by Gasteiger charge is 2.14. The van der Waals surface area contributed by atoms with Crippen LogP contribution in [0.2, 0.25) is 0 Å². The summed E-state index contributed by atoms with van der Waals surface area (Å²) < 4.78 is 0. The van der Waals surface area contributed by atoms with Crippen molar-refractivity contribution < 1.29 is 9.90 Å². The van der Waals surface area contributed by atoms with Gasteiger partial charge in [-0.25, -0.2) is 9.97 Å². The number of anilines is 1. The van der Waals surface area contributed by atoms with E-state index < -0.39 is 5.97 Å². The predicted octanol–water partition coefficient (Wildman–Crippen LogP) is 4.96. The van der Waals surface area contributed by atoms with Crippen LogP contribution in [-0.2, 0) is 11.2 Å². The number of unbranched alkanes of at least 4 members (excludes halogenated alkanes) is 2. The molecule has 0 atom stereocenters. The quantitative estimate of drug-likeness (QED) is 0.511. The average molecular weight is 384 g/mol. The summed E-state index contributed by atoms with van der Waals surface area (Å²) >= 11 is 1.71. The number of hydrogen-bond acceptors (Lipinski definition) is 5. The molecule has 0 aliphatic rings. The lowest BCUT2D eigenvalue weighted by Gasteiger charge is -2.10. The molecule has 0 amide bonds. The maximum Gasteiger partial charge on any atom is 0.303 e. The number of nitrogens with one attached hydrogen (secondary N) is 1. The molecule has 0 spiro atoms. The Kier molecular flexibility index (Phi) is 6.40. The van der Waals surface area contributed by atoms with Gasteiger partial charge < -0.3 is 10.4 Å². The number of thiophene rings is 1. The van der Waals surface area contributed by atoms with Crippen LogP contribution in [0.4, 0.5) is 5.82 Å². The molecule has 6 heteroatoms. The van der Waals surface area contributed by atoms with Crippen LogP contribution in [0.3, 0.4) is 0 Å². The number of carboxylic acids is 1. The molecule has 0 radical (unpaired) electrons. The van der Waals surface area contributed by atoms with Gasteiger partial charge >= 0.3 is 5.97 Å². The number of nitrogens with zero attached hydrogens (tertiary/aromatic N) is 2. The van der Waals surface area contributed by atoms with Crippen molar-refractivity contribution in [1.82, 2.24) is 9.97 Å². The molecule has 5 nitrogen and oxygen atoms in total. The average Bonchev–Trinajstić information content (AvgIpc) is 2.92. The SMILES string of the molecule is Cc1sc2nc(Cc3ccccc3)nc(NCCCCCC(=O)O)c2c1C. The lowest BCUT2D eigenvalue weighted by atomic mass is 10.1. The Morgan fingerprint density at radius 2 is 1.89 bits per heavy atom. The first-order chi connectivity index (χ1) is 13.0. The summed E-state index contributed by atoms with van der Waals surface area (Å²) in [6.45, 7) is 5.02. The van der Waals surface area contributed by atoms with E-state index in [1.807, 2.05) is 18.2 Å². The molecule has 0 saturated carbocycles. The number of aromatic nitrogens is 2. The predicted molar refractivity (Wildman–Crippen MR) is 111 cm³/mol. The highest BCUT2D eigenvalue weighted by molar-refractivity contribution is 7.18. The number of hydrogen-bond donors (Lipinski definition) is 2. The monoisotopic (exact) mass is 383 g/mol. The van der Waals surface area contributed by atoms with E-state index in [1.54, 1.807) is 11.3 Å². The minimum Gasteiger partial charge on any atom is -0.481 e. The van der Waals surface area contributed by atoms with Crippen molar-refractivity contribution >= 4 is 33.3 Å². The van der Waals surface area contributed by atoms with Gasteiger partial charge in [0, 0.05) is 24.3 Å². The van der Waals surface area contributed by atoms with Gasteiger partial charge in [0.1, 0.15) is 16.5 Å². The lowest BCUT2D eigenvalue weighted by Crippen LogP contribution is -2.07. The van der Waals surface area contributed by atoms with Gasteiger partial charge in [-0.3, -0.25) is 4.79 Å². The summed E-state index contributed by atoms with van der Waals surface area (Å²) in [5, 5.41) is 13.3. The number of carboxylic acid groups (broad SMARTS) is 1. The summed E-state index contributed by atoms with van der Waals surface area (Å²) in [4.78, 5) is 22.5. The third-order valence-electron chi connectivity index (χ3n) is 4.64. The number of carbonyl (C=O) groups is 1. The fraction of sp³-hybridized carbons (Fsp3) is 0.381. The first-order valence-corrected chi connectivity index (χ1v) is 10.1. The number of benzene rings is 1. The first-order valence-electron chi connectivity index (χ1n) is 9.31. The van der Waals surface area contributed by atoms with Crippen LogP contribution < -0.4 is 5.32 Å².